The molecule has 0 saturated heterocycles. The van der Waals surface area contributed by atoms with Gasteiger partial charge in [0.05, 0.1) is 17.6 Å². The van der Waals surface area contributed by atoms with Crippen molar-refractivity contribution in [3.05, 3.63) is 59.2 Å². The first kappa shape index (κ1) is 24.0. The normalized spacial score (nSPS) is 17.9. The van der Waals surface area contributed by atoms with Crippen molar-refractivity contribution in [3.8, 4) is 5.75 Å². The molecule has 0 radical (unpaired) electrons. The Morgan fingerprint density at radius 2 is 2.03 bits per heavy atom. The van der Waals surface area contributed by atoms with Gasteiger partial charge in [0.25, 0.3) is 0 Å². The van der Waals surface area contributed by atoms with E-state index in [9.17, 15) is 9.59 Å². The zero-order valence-corrected chi connectivity index (χ0v) is 21.1. The first-order valence-electron chi connectivity index (χ1n) is 11.5. The minimum atomic E-state index is -0.541. The summed E-state index contributed by atoms with van der Waals surface area (Å²) in [7, 11) is 1.67. The summed E-state index contributed by atoms with van der Waals surface area (Å²) in [5, 5.41) is 5.08. The molecule has 178 valence electrons. The van der Waals surface area contributed by atoms with Gasteiger partial charge >= 0.3 is 5.24 Å². The number of aryl methyl sites for hydroxylation is 1. The number of anilines is 1. The van der Waals surface area contributed by atoms with E-state index >= 15 is 0 Å². The molecule has 2 heterocycles. The minimum Gasteiger partial charge on any atom is -0.497 e. The number of hydrogen-bond acceptors (Lipinski definition) is 6. The fourth-order valence-corrected chi connectivity index (χ4v) is 5.33. The molecule has 0 atom stereocenters. The SMILES string of the molecule is CC/N=C(/c1cccc(OC)c1)N1CCCc2cc(C3=NN(C(C)=O)C(=O)SC3(C)C)ccc21. The Balaban J connectivity index is 1.75. The molecule has 4 rings (SSSR count). The summed E-state index contributed by atoms with van der Waals surface area (Å²) in [5.74, 6) is 1.34. The van der Waals surface area contributed by atoms with Gasteiger partial charge < -0.3 is 9.64 Å². The van der Waals surface area contributed by atoms with Gasteiger partial charge in [0.15, 0.2) is 0 Å². The van der Waals surface area contributed by atoms with Gasteiger partial charge in [-0.3, -0.25) is 14.6 Å². The number of carbonyl (C=O) groups excluding carboxylic acids is 2. The van der Waals surface area contributed by atoms with E-state index in [4.69, 9.17) is 9.73 Å². The molecule has 0 N–H and O–H groups in total. The van der Waals surface area contributed by atoms with Gasteiger partial charge in [-0.1, -0.05) is 18.2 Å². The summed E-state index contributed by atoms with van der Waals surface area (Å²) in [5.41, 5.74) is 4.98. The van der Waals surface area contributed by atoms with Crippen LogP contribution in [0.15, 0.2) is 52.6 Å². The number of thioether (sulfide) groups is 1. The van der Waals surface area contributed by atoms with Crippen LogP contribution < -0.4 is 9.64 Å². The molecule has 0 aliphatic carbocycles. The van der Waals surface area contributed by atoms with E-state index in [1.807, 2.05) is 45.0 Å². The lowest BCUT2D eigenvalue weighted by atomic mass is 9.93. The predicted molar refractivity (Wildman–Crippen MR) is 138 cm³/mol. The van der Waals surface area contributed by atoms with Crippen LogP contribution in [0.5, 0.6) is 5.75 Å². The Hall–Kier alpha value is -3.13. The number of nitrogens with zero attached hydrogens (tertiary/aromatic N) is 4. The van der Waals surface area contributed by atoms with Crippen LogP contribution in [0.3, 0.4) is 0 Å². The first-order chi connectivity index (χ1) is 16.2. The van der Waals surface area contributed by atoms with E-state index in [-0.39, 0.29) is 11.1 Å². The van der Waals surface area contributed by atoms with Crippen LogP contribution >= 0.6 is 11.8 Å². The Labute approximate surface area is 204 Å². The van der Waals surface area contributed by atoms with Crippen LogP contribution in [-0.2, 0) is 11.2 Å². The minimum absolute atomic E-state index is 0.343. The summed E-state index contributed by atoms with van der Waals surface area (Å²) in [4.78, 5) is 31.4. The van der Waals surface area contributed by atoms with Crippen LogP contribution in [-0.4, -0.2) is 52.6 Å². The molecule has 0 unspecified atom stereocenters. The van der Waals surface area contributed by atoms with Gasteiger partial charge in [-0.05, 0) is 80.8 Å². The van der Waals surface area contributed by atoms with E-state index in [0.717, 1.165) is 70.3 Å². The van der Waals surface area contributed by atoms with Crippen molar-refractivity contribution < 1.29 is 14.3 Å². The zero-order chi connectivity index (χ0) is 24.5. The van der Waals surface area contributed by atoms with Crippen LogP contribution in [0.25, 0.3) is 0 Å². The van der Waals surface area contributed by atoms with Crippen molar-refractivity contribution in [2.45, 2.75) is 45.3 Å². The molecule has 2 aliphatic rings. The fraction of sp³-hybridized carbons (Fsp3) is 0.385. The fourth-order valence-electron chi connectivity index (χ4n) is 4.38. The van der Waals surface area contributed by atoms with Crippen LogP contribution in [0.2, 0.25) is 0 Å². The number of hydrazone groups is 1. The van der Waals surface area contributed by atoms with Gasteiger partial charge in [0.2, 0.25) is 5.91 Å². The molecule has 2 aromatic carbocycles. The van der Waals surface area contributed by atoms with Crippen LogP contribution in [0.4, 0.5) is 10.5 Å². The molecular formula is C26H30N4O3S. The van der Waals surface area contributed by atoms with E-state index < -0.39 is 4.75 Å². The third kappa shape index (κ3) is 4.59. The Bertz CT molecular complexity index is 1190. The van der Waals surface area contributed by atoms with E-state index in [2.05, 4.69) is 28.2 Å². The molecule has 8 heteroatoms. The maximum atomic E-state index is 12.4. The second-order valence-corrected chi connectivity index (χ2v) is 10.4. The summed E-state index contributed by atoms with van der Waals surface area (Å²) >= 11 is 1.13. The van der Waals surface area contributed by atoms with Gasteiger partial charge in [0, 0.05) is 31.3 Å². The van der Waals surface area contributed by atoms with Crippen molar-refractivity contribution >= 4 is 40.1 Å². The van der Waals surface area contributed by atoms with E-state index in [1.165, 1.54) is 12.5 Å². The number of fused-ring (bicyclic) bond motifs is 1. The molecule has 0 saturated carbocycles. The molecule has 2 aliphatic heterocycles. The summed E-state index contributed by atoms with van der Waals surface area (Å²) in [6, 6.07) is 14.3. The second-order valence-electron chi connectivity index (χ2n) is 8.79. The Morgan fingerprint density at radius 3 is 2.74 bits per heavy atom. The molecule has 7 nitrogen and oxygen atoms in total. The average Bonchev–Trinajstić information content (AvgIpc) is 2.81. The summed E-state index contributed by atoms with van der Waals surface area (Å²) in [6.45, 7) is 8.87. The molecule has 0 fully saturated rings. The number of aliphatic imine (C=N–C) groups is 1. The number of benzene rings is 2. The monoisotopic (exact) mass is 478 g/mol. The number of hydrogen-bond donors (Lipinski definition) is 0. The number of imide groups is 1. The van der Waals surface area contributed by atoms with Crippen molar-refractivity contribution in [3.63, 3.8) is 0 Å². The van der Waals surface area contributed by atoms with Gasteiger partial charge in [-0.15, -0.1) is 0 Å². The molecule has 0 bridgehead atoms. The molecule has 0 spiro atoms. The summed E-state index contributed by atoms with van der Waals surface area (Å²) < 4.78 is 4.89. The number of amidine groups is 1. The smallest absolute Gasteiger partial charge is 0.309 e. The zero-order valence-electron chi connectivity index (χ0n) is 20.3. The average molecular weight is 479 g/mol. The summed E-state index contributed by atoms with van der Waals surface area (Å²) in [6.07, 6.45) is 1.93. The third-order valence-corrected chi connectivity index (χ3v) is 7.00. The van der Waals surface area contributed by atoms with E-state index in [0.29, 0.717) is 6.54 Å². The maximum absolute atomic E-state index is 12.4. The lowest BCUT2D eigenvalue weighted by molar-refractivity contribution is -0.125. The first-order valence-corrected chi connectivity index (χ1v) is 12.3. The highest BCUT2D eigenvalue weighted by Crippen LogP contribution is 2.38. The number of amides is 2. The lowest BCUT2D eigenvalue weighted by Gasteiger charge is -2.35. The standard InChI is InChI=1S/C26H30N4O3S/c1-6-27-24(20-9-7-11-21(16-20)33-5)29-14-8-10-18-15-19(12-13-22(18)29)23-26(3,4)34-25(32)30(28-23)17(2)31/h7,9,11-13,15-16H,6,8,10,14H2,1-5H3/b27-24-. The van der Waals surface area contributed by atoms with Crippen molar-refractivity contribution in [1.82, 2.24) is 5.01 Å². The van der Waals surface area contributed by atoms with Gasteiger partial charge in [0.1, 0.15) is 11.6 Å². The number of ether oxygens (including phenoxy) is 1. The number of rotatable bonds is 4. The highest BCUT2D eigenvalue weighted by Gasteiger charge is 2.39. The number of methoxy groups -OCH3 is 1. The van der Waals surface area contributed by atoms with Crippen molar-refractivity contribution in [2.24, 2.45) is 10.1 Å². The Morgan fingerprint density at radius 1 is 1.24 bits per heavy atom. The van der Waals surface area contributed by atoms with Gasteiger partial charge in [-0.25, -0.2) is 0 Å². The quantitative estimate of drug-likeness (QED) is 0.451. The predicted octanol–water partition coefficient (Wildman–Crippen LogP) is 5.11. The lowest BCUT2D eigenvalue weighted by Crippen LogP contribution is -2.43. The van der Waals surface area contributed by atoms with Crippen LogP contribution in [0.1, 0.15) is 50.8 Å². The molecular weight excluding hydrogens is 448 g/mol. The van der Waals surface area contributed by atoms with Crippen LogP contribution in [0, 0.1) is 0 Å². The highest BCUT2D eigenvalue weighted by molar-refractivity contribution is 8.15. The Kier molecular flexibility index (Phi) is 6.79. The molecule has 2 amide bonds. The van der Waals surface area contributed by atoms with Crippen molar-refractivity contribution in [1.29, 1.82) is 0 Å². The van der Waals surface area contributed by atoms with Gasteiger partial charge in [-0.2, -0.15) is 10.1 Å². The highest BCUT2D eigenvalue weighted by atomic mass is 32.2. The topological polar surface area (TPSA) is 74.6 Å². The molecule has 2 aromatic rings. The number of carbonyl (C=O) groups is 2. The maximum Gasteiger partial charge on any atom is 0.309 e. The third-order valence-electron chi connectivity index (χ3n) is 5.95. The molecule has 0 aromatic heterocycles. The largest absolute Gasteiger partial charge is 0.497 e. The second kappa shape index (κ2) is 9.62. The molecule has 34 heavy (non-hydrogen) atoms. The van der Waals surface area contributed by atoms with Crippen molar-refractivity contribution in [2.75, 3.05) is 25.1 Å². The van der Waals surface area contributed by atoms with E-state index in [1.54, 1.807) is 7.11 Å².